The second kappa shape index (κ2) is 4.09. The highest BCUT2D eigenvalue weighted by Gasteiger charge is 2.13. The first-order valence-corrected chi connectivity index (χ1v) is 4.71. The second-order valence-electron chi connectivity index (χ2n) is 2.92. The van der Waals surface area contributed by atoms with Crippen molar-refractivity contribution in [3.05, 3.63) is 27.7 Å². The molecule has 0 aliphatic rings. The van der Waals surface area contributed by atoms with Crippen LogP contribution in [0.5, 0.6) is 5.75 Å². The summed E-state index contributed by atoms with van der Waals surface area (Å²) in [5, 5.41) is 18.5. The van der Waals surface area contributed by atoms with E-state index < -0.39 is 6.04 Å². The first kappa shape index (κ1) is 10.5. The predicted octanol–water partition coefficient (Wildman–Crippen LogP) is 1.46. The van der Waals surface area contributed by atoms with Crippen LogP contribution < -0.4 is 5.73 Å². The average molecular weight is 246 g/mol. The minimum absolute atomic E-state index is 0.113. The molecule has 1 aromatic rings. The Hall–Kier alpha value is -0.580. The van der Waals surface area contributed by atoms with Gasteiger partial charge in [0.2, 0.25) is 0 Å². The maximum absolute atomic E-state index is 9.64. The lowest BCUT2D eigenvalue weighted by atomic mass is 10.1. The molecule has 0 bridgehead atoms. The fraction of sp³-hybridized carbons (Fsp3) is 0.333. The summed E-state index contributed by atoms with van der Waals surface area (Å²) < 4.78 is 0.633. The van der Waals surface area contributed by atoms with Gasteiger partial charge in [-0.2, -0.15) is 0 Å². The number of nitrogens with two attached hydrogens (primary N) is 1. The van der Waals surface area contributed by atoms with Crippen molar-refractivity contribution in [1.82, 2.24) is 0 Å². The van der Waals surface area contributed by atoms with Crippen LogP contribution in [-0.4, -0.2) is 16.8 Å². The lowest BCUT2D eigenvalue weighted by Crippen LogP contribution is -2.14. The van der Waals surface area contributed by atoms with Crippen LogP contribution in [0.2, 0.25) is 0 Å². The summed E-state index contributed by atoms with van der Waals surface area (Å²) in [6.07, 6.45) is 0. The molecule has 13 heavy (non-hydrogen) atoms. The maximum atomic E-state index is 9.64. The molecule has 0 radical (unpaired) electrons. The average Bonchev–Trinajstić information content (AvgIpc) is 2.13. The van der Waals surface area contributed by atoms with E-state index in [-0.39, 0.29) is 12.4 Å². The van der Waals surface area contributed by atoms with Crippen molar-refractivity contribution >= 4 is 15.9 Å². The van der Waals surface area contributed by atoms with Crippen LogP contribution in [0.4, 0.5) is 0 Å². The number of phenolic OH excluding ortho intramolecular Hbond substituents is 1. The zero-order valence-corrected chi connectivity index (χ0v) is 8.87. The number of hydrogen-bond donors (Lipinski definition) is 3. The molecule has 0 aliphatic heterocycles. The standard InChI is InChI=1S/C9H12BrNO2/c1-5-2-3-6(7(11)4-12)9(13)8(5)10/h2-3,7,12-13H,4,11H2,1H3. The normalized spacial score (nSPS) is 12.9. The van der Waals surface area contributed by atoms with Gasteiger partial charge in [-0.05, 0) is 28.4 Å². The minimum atomic E-state index is -0.531. The third-order valence-electron chi connectivity index (χ3n) is 1.94. The summed E-state index contributed by atoms with van der Waals surface area (Å²) in [4.78, 5) is 0. The van der Waals surface area contributed by atoms with Crippen molar-refractivity contribution < 1.29 is 10.2 Å². The van der Waals surface area contributed by atoms with Crippen molar-refractivity contribution in [2.75, 3.05) is 6.61 Å². The summed E-state index contributed by atoms with van der Waals surface area (Å²) in [5.41, 5.74) is 7.08. The number of phenols is 1. The van der Waals surface area contributed by atoms with Crippen molar-refractivity contribution in [3.8, 4) is 5.75 Å². The molecular formula is C9H12BrNO2. The molecule has 4 N–H and O–H groups in total. The van der Waals surface area contributed by atoms with Gasteiger partial charge in [0.05, 0.1) is 17.1 Å². The van der Waals surface area contributed by atoms with Crippen LogP contribution >= 0.6 is 15.9 Å². The lowest BCUT2D eigenvalue weighted by Gasteiger charge is -2.12. The Kier molecular flexibility index (Phi) is 3.30. The van der Waals surface area contributed by atoms with Crippen LogP contribution in [0.25, 0.3) is 0 Å². The minimum Gasteiger partial charge on any atom is -0.506 e. The zero-order chi connectivity index (χ0) is 10.0. The van der Waals surface area contributed by atoms with Crippen LogP contribution in [0.15, 0.2) is 16.6 Å². The van der Waals surface area contributed by atoms with E-state index in [0.717, 1.165) is 5.56 Å². The molecule has 1 unspecified atom stereocenters. The van der Waals surface area contributed by atoms with Crippen LogP contribution in [-0.2, 0) is 0 Å². The smallest absolute Gasteiger partial charge is 0.134 e. The first-order valence-electron chi connectivity index (χ1n) is 3.92. The van der Waals surface area contributed by atoms with E-state index >= 15 is 0 Å². The molecule has 4 heteroatoms. The molecule has 0 saturated carbocycles. The third-order valence-corrected chi connectivity index (χ3v) is 2.94. The summed E-state index contributed by atoms with van der Waals surface area (Å²) in [6.45, 7) is 1.70. The van der Waals surface area contributed by atoms with Gasteiger partial charge < -0.3 is 15.9 Å². The number of halogens is 1. The van der Waals surface area contributed by atoms with E-state index in [1.54, 1.807) is 6.07 Å². The van der Waals surface area contributed by atoms with Crippen molar-refractivity contribution in [2.24, 2.45) is 5.73 Å². The predicted molar refractivity (Wildman–Crippen MR) is 54.6 cm³/mol. The molecular weight excluding hydrogens is 234 g/mol. The molecule has 0 spiro atoms. The molecule has 0 heterocycles. The highest BCUT2D eigenvalue weighted by Crippen LogP contribution is 2.33. The quantitative estimate of drug-likeness (QED) is 0.739. The highest BCUT2D eigenvalue weighted by molar-refractivity contribution is 9.10. The van der Waals surface area contributed by atoms with Gasteiger partial charge in [0, 0.05) is 5.56 Å². The molecule has 1 atom stereocenters. The molecule has 0 amide bonds. The Morgan fingerprint density at radius 2 is 2.15 bits per heavy atom. The van der Waals surface area contributed by atoms with E-state index in [4.69, 9.17) is 10.8 Å². The number of aromatic hydroxyl groups is 1. The number of hydrogen-bond acceptors (Lipinski definition) is 3. The van der Waals surface area contributed by atoms with Gasteiger partial charge in [-0.15, -0.1) is 0 Å². The van der Waals surface area contributed by atoms with E-state index in [1.165, 1.54) is 0 Å². The van der Waals surface area contributed by atoms with Crippen molar-refractivity contribution in [2.45, 2.75) is 13.0 Å². The SMILES string of the molecule is Cc1ccc(C(N)CO)c(O)c1Br. The Labute approximate surface area is 85.3 Å². The second-order valence-corrected chi connectivity index (χ2v) is 3.72. The molecule has 0 saturated heterocycles. The van der Waals surface area contributed by atoms with Gasteiger partial charge in [0.15, 0.2) is 0 Å². The Balaban J connectivity index is 3.18. The van der Waals surface area contributed by atoms with Crippen molar-refractivity contribution in [1.29, 1.82) is 0 Å². The number of benzene rings is 1. The van der Waals surface area contributed by atoms with Gasteiger partial charge in [0.25, 0.3) is 0 Å². The van der Waals surface area contributed by atoms with Gasteiger partial charge in [-0.25, -0.2) is 0 Å². The van der Waals surface area contributed by atoms with E-state index in [1.807, 2.05) is 13.0 Å². The molecule has 1 rings (SSSR count). The van der Waals surface area contributed by atoms with Crippen molar-refractivity contribution in [3.63, 3.8) is 0 Å². The number of aliphatic hydroxyl groups excluding tert-OH is 1. The fourth-order valence-corrected chi connectivity index (χ4v) is 1.44. The molecule has 1 aromatic carbocycles. The fourth-order valence-electron chi connectivity index (χ4n) is 1.08. The first-order chi connectivity index (χ1) is 6.07. The van der Waals surface area contributed by atoms with Gasteiger partial charge in [0.1, 0.15) is 5.75 Å². The molecule has 0 aliphatic carbocycles. The number of aliphatic hydroxyl groups is 1. The Morgan fingerprint density at radius 1 is 1.54 bits per heavy atom. The molecule has 72 valence electrons. The van der Waals surface area contributed by atoms with E-state index in [2.05, 4.69) is 15.9 Å². The topological polar surface area (TPSA) is 66.5 Å². The summed E-state index contributed by atoms with van der Waals surface area (Å²) in [5.74, 6) is 0.113. The van der Waals surface area contributed by atoms with Crippen LogP contribution in [0.3, 0.4) is 0 Å². The third kappa shape index (κ3) is 2.02. The van der Waals surface area contributed by atoms with Crippen LogP contribution in [0, 0.1) is 6.92 Å². The highest BCUT2D eigenvalue weighted by atomic mass is 79.9. The monoisotopic (exact) mass is 245 g/mol. The molecule has 0 fully saturated rings. The Morgan fingerprint density at radius 3 is 2.69 bits per heavy atom. The van der Waals surface area contributed by atoms with E-state index in [0.29, 0.717) is 10.0 Å². The molecule has 3 nitrogen and oxygen atoms in total. The number of aryl methyl sites for hydroxylation is 1. The Bertz CT molecular complexity index is 315. The largest absolute Gasteiger partial charge is 0.506 e. The summed E-state index contributed by atoms with van der Waals surface area (Å²) in [6, 6.07) is 3.03. The van der Waals surface area contributed by atoms with Crippen LogP contribution in [0.1, 0.15) is 17.2 Å². The van der Waals surface area contributed by atoms with Gasteiger partial charge >= 0.3 is 0 Å². The summed E-state index contributed by atoms with van der Waals surface area (Å²) in [7, 11) is 0. The zero-order valence-electron chi connectivity index (χ0n) is 7.29. The number of rotatable bonds is 2. The maximum Gasteiger partial charge on any atom is 0.134 e. The lowest BCUT2D eigenvalue weighted by molar-refractivity contribution is 0.265. The van der Waals surface area contributed by atoms with E-state index in [9.17, 15) is 5.11 Å². The van der Waals surface area contributed by atoms with Gasteiger partial charge in [-0.1, -0.05) is 12.1 Å². The van der Waals surface area contributed by atoms with Gasteiger partial charge in [-0.3, -0.25) is 0 Å². The molecule has 0 aromatic heterocycles. The summed E-state index contributed by atoms with van der Waals surface area (Å²) >= 11 is 3.24.